The van der Waals surface area contributed by atoms with Crippen molar-refractivity contribution in [3.63, 3.8) is 0 Å². The third-order valence-corrected chi connectivity index (χ3v) is 2.76. The van der Waals surface area contributed by atoms with E-state index in [1.807, 2.05) is 13.0 Å². The van der Waals surface area contributed by atoms with Crippen molar-refractivity contribution >= 4 is 5.69 Å². The van der Waals surface area contributed by atoms with Gasteiger partial charge in [-0.15, -0.1) is 0 Å². The number of nitrogens with zero attached hydrogens (tertiary/aromatic N) is 1. The van der Waals surface area contributed by atoms with E-state index in [4.69, 9.17) is 0 Å². The standard InChI is InChI=1S/C14H22FNO/c1-5-16(9-10(2)3)13-8-6-7-12(15)14(13)11(4)17/h6-8,10-11,17H,5,9H2,1-4H3. The normalized spacial score (nSPS) is 12.9. The molecule has 17 heavy (non-hydrogen) atoms. The van der Waals surface area contributed by atoms with Gasteiger partial charge < -0.3 is 10.0 Å². The fourth-order valence-corrected chi connectivity index (χ4v) is 2.05. The van der Waals surface area contributed by atoms with Gasteiger partial charge in [0, 0.05) is 24.3 Å². The minimum absolute atomic E-state index is 0.334. The first-order chi connectivity index (χ1) is 7.97. The molecule has 1 N–H and O–H groups in total. The summed E-state index contributed by atoms with van der Waals surface area (Å²) >= 11 is 0. The first-order valence-electron chi connectivity index (χ1n) is 6.18. The van der Waals surface area contributed by atoms with Gasteiger partial charge in [0.1, 0.15) is 5.82 Å². The molecule has 0 bridgehead atoms. The Bertz CT molecular complexity index is 363. The molecule has 0 aliphatic carbocycles. The molecule has 0 aliphatic heterocycles. The minimum atomic E-state index is -0.785. The summed E-state index contributed by atoms with van der Waals surface area (Å²) in [4.78, 5) is 2.11. The van der Waals surface area contributed by atoms with Crippen molar-refractivity contribution in [3.8, 4) is 0 Å². The maximum absolute atomic E-state index is 13.7. The van der Waals surface area contributed by atoms with Gasteiger partial charge in [-0.1, -0.05) is 19.9 Å². The summed E-state index contributed by atoms with van der Waals surface area (Å²) in [5.41, 5.74) is 1.20. The number of hydrogen-bond acceptors (Lipinski definition) is 2. The molecule has 0 heterocycles. The zero-order chi connectivity index (χ0) is 13.0. The van der Waals surface area contributed by atoms with Crippen molar-refractivity contribution < 1.29 is 9.50 Å². The number of aliphatic hydroxyl groups is 1. The highest BCUT2D eigenvalue weighted by atomic mass is 19.1. The molecule has 0 saturated carbocycles. The summed E-state index contributed by atoms with van der Waals surface area (Å²) in [5, 5.41) is 9.70. The van der Waals surface area contributed by atoms with Gasteiger partial charge in [-0.2, -0.15) is 0 Å². The Labute approximate surface area is 103 Å². The molecule has 1 atom stereocenters. The number of rotatable bonds is 5. The lowest BCUT2D eigenvalue weighted by molar-refractivity contribution is 0.194. The maximum atomic E-state index is 13.7. The van der Waals surface area contributed by atoms with E-state index in [-0.39, 0.29) is 5.82 Å². The van der Waals surface area contributed by atoms with Crippen molar-refractivity contribution in [2.75, 3.05) is 18.0 Å². The highest BCUT2D eigenvalue weighted by Crippen LogP contribution is 2.29. The topological polar surface area (TPSA) is 23.5 Å². The van der Waals surface area contributed by atoms with Gasteiger partial charge in [-0.3, -0.25) is 0 Å². The van der Waals surface area contributed by atoms with Crippen molar-refractivity contribution in [3.05, 3.63) is 29.6 Å². The molecule has 1 aromatic carbocycles. The van der Waals surface area contributed by atoms with E-state index in [1.54, 1.807) is 13.0 Å². The van der Waals surface area contributed by atoms with Gasteiger partial charge in [-0.25, -0.2) is 4.39 Å². The van der Waals surface area contributed by atoms with E-state index in [0.29, 0.717) is 11.5 Å². The molecular formula is C14H22FNO. The average Bonchev–Trinajstić information content (AvgIpc) is 2.24. The molecule has 1 unspecified atom stereocenters. The Balaban J connectivity index is 3.14. The van der Waals surface area contributed by atoms with Gasteiger partial charge in [0.25, 0.3) is 0 Å². The van der Waals surface area contributed by atoms with Crippen LogP contribution >= 0.6 is 0 Å². The molecule has 0 aliphatic rings. The SMILES string of the molecule is CCN(CC(C)C)c1cccc(F)c1C(C)O. The molecule has 96 valence electrons. The molecule has 0 aromatic heterocycles. The van der Waals surface area contributed by atoms with Gasteiger partial charge in [0.05, 0.1) is 6.10 Å². The fourth-order valence-electron chi connectivity index (χ4n) is 2.05. The first-order valence-corrected chi connectivity index (χ1v) is 6.18. The van der Waals surface area contributed by atoms with Crippen LogP contribution in [0.4, 0.5) is 10.1 Å². The Kier molecular flexibility index (Phi) is 4.94. The van der Waals surface area contributed by atoms with Crippen LogP contribution in [0.1, 0.15) is 39.4 Å². The van der Waals surface area contributed by atoms with Crippen LogP contribution < -0.4 is 4.90 Å². The van der Waals surface area contributed by atoms with Crippen molar-refractivity contribution in [1.82, 2.24) is 0 Å². The number of benzene rings is 1. The highest BCUT2D eigenvalue weighted by molar-refractivity contribution is 5.55. The average molecular weight is 239 g/mol. The van der Waals surface area contributed by atoms with Crippen molar-refractivity contribution in [2.24, 2.45) is 5.92 Å². The number of halogens is 1. The van der Waals surface area contributed by atoms with E-state index < -0.39 is 6.10 Å². The lowest BCUT2D eigenvalue weighted by Gasteiger charge is -2.28. The molecule has 2 nitrogen and oxygen atoms in total. The lowest BCUT2D eigenvalue weighted by atomic mass is 10.1. The van der Waals surface area contributed by atoms with Crippen molar-refractivity contribution in [1.29, 1.82) is 0 Å². The summed E-state index contributed by atoms with van der Waals surface area (Å²) in [6, 6.07) is 4.96. The maximum Gasteiger partial charge on any atom is 0.131 e. The number of aliphatic hydroxyl groups excluding tert-OH is 1. The molecule has 0 radical (unpaired) electrons. The summed E-state index contributed by atoms with van der Waals surface area (Å²) in [7, 11) is 0. The second kappa shape index (κ2) is 6.01. The Morgan fingerprint density at radius 2 is 1.94 bits per heavy atom. The highest BCUT2D eigenvalue weighted by Gasteiger charge is 2.17. The first kappa shape index (κ1) is 14.0. The second-order valence-electron chi connectivity index (χ2n) is 4.78. The number of hydrogen-bond donors (Lipinski definition) is 1. The summed E-state index contributed by atoms with van der Waals surface area (Å²) in [5.74, 6) is 0.166. The Hall–Kier alpha value is -1.09. The molecule has 1 rings (SSSR count). The predicted molar refractivity (Wildman–Crippen MR) is 69.8 cm³/mol. The zero-order valence-corrected chi connectivity index (χ0v) is 11.1. The van der Waals surface area contributed by atoms with Gasteiger partial charge in [0.2, 0.25) is 0 Å². The summed E-state index contributed by atoms with van der Waals surface area (Å²) < 4.78 is 13.7. The van der Waals surface area contributed by atoms with Crippen LogP contribution in [0.15, 0.2) is 18.2 Å². The van der Waals surface area contributed by atoms with Crippen LogP contribution in [-0.2, 0) is 0 Å². The third-order valence-electron chi connectivity index (χ3n) is 2.76. The Morgan fingerprint density at radius 1 is 1.29 bits per heavy atom. The minimum Gasteiger partial charge on any atom is -0.389 e. The molecular weight excluding hydrogens is 217 g/mol. The smallest absolute Gasteiger partial charge is 0.131 e. The van der Waals surface area contributed by atoms with E-state index in [9.17, 15) is 9.50 Å². The van der Waals surface area contributed by atoms with Crippen LogP contribution in [-0.4, -0.2) is 18.2 Å². The lowest BCUT2D eigenvalue weighted by Crippen LogP contribution is -2.28. The molecule has 3 heteroatoms. The van der Waals surface area contributed by atoms with Gasteiger partial charge in [-0.05, 0) is 31.9 Å². The summed E-state index contributed by atoms with van der Waals surface area (Å²) in [6.45, 7) is 9.57. The molecule has 0 spiro atoms. The number of anilines is 1. The van der Waals surface area contributed by atoms with E-state index in [1.165, 1.54) is 6.07 Å². The van der Waals surface area contributed by atoms with Crippen LogP contribution in [0, 0.1) is 11.7 Å². The quantitative estimate of drug-likeness (QED) is 0.851. The van der Waals surface area contributed by atoms with E-state index in [2.05, 4.69) is 18.7 Å². The predicted octanol–water partition coefficient (Wildman–Crippen LogP) is 3.36. The molecule has 0 saturated heterocycles. The monoisotopic (exact) mass is 239 g/mol. The zero-order valence-electron chi connectivity index (χ0n) is 11.1. The fraction of sp³-hybridized carbons (Fsp3) is 0.571. The largest absolute Gasteiger partial charge is 0.389 e. The van der Waals surface area contributed by atoms with Crippen LogP contribution in [0.2, 0.25) is 0 Å². The van der Waals surface area contributed by atoms with Crippen LogP contribution in [0.5, 0.6) is 0 Å². The van der Waals surface area contributed by atoms with Crippen LogP contribution in [0.25, 0.3) is 0 Å². The molecule has 0 amide bonds. The molecule has 0 fully saturated rings. The van der Waals surface area contributed by atoms with Crippen molar-refractivity contribution in [2.45, 2.75) is 33.8 Å². The van der Waals surface area contributed by atoms with E-state index in [0.717, 1.165) is 18.8 Å². The third kappa shape index (κ3) is 3.43. The van der Waals surface area contributed by atoms with Gasteiger partial charge >= 0.3 is 0 Å². The summed E-state index contributed by atoms with van der Waals surface area (Å²) in [6.07, 6.45) is -0.785. The van der Waals surface area contributed by atoms with Crippen LogP contribution in [0.3, 0.4) is 0 Å². The van der Waals surface area contributed by atoms with Gasteiger partial charge in [0.15, 0.2) is 0 Å². The van der Waals surface area contributed by atoms with E-state index >= 15 is 0 Å². The second-order valence-corrected chi connectivity index (χ2v) is 4.78. The molecule has 1 aromatic rings. The Morgan fingerprint density at radius 3 is 2.41 bits per heavy atom.